The third-order valence-electron chi connectivity index (χ3n) is 4.80. The fourth-order valence-electron chi connectivity index (χ4n) is 3.59. The van der Waals surface area contributed by atoms with Crippen LogP contribution in [0.2, 0.25) is 0 Å². The number of para-hydroxylation sites is 1. The number of amides is 1. The molecule has 2 atom stereocenters. The Bertz CT molecular complexity index is 893. The lowest BCUT2D eigenvalue weighted by atomic mass is 9.99. The number of halogens is 1. The monoisotopic (exact) mass is 370 g/mol. The molecule has 1 unspecified atom stereocenters. The van der Waals surface area contributed by atoms with Gasteiger partial charge in [-0.1, -0.05) is 18.2 Å². The maximum absolute atomic E-state index is 13.2. The molecule has 4 nitrogen and oxygen atoms in total. The van der Waals surface area contributed by atoms with Crippen molar-refractivity contribution in [1.82, 2.24) is 4.98 Å². The molecule has 0 bridgehead atoms. The van der Waals surface area contributed by atoms with Crippen LogP contribution in [-0.4, -0.2) is 30.5 Å². The number of hydrogen-bond donors (Lipinski definition) is 2. The number of nitrogens with one attached hydrogen (secondary N) is 2. The minimum atomic E-state index is -0.344. The van der Waals surface area contributed by atoms with Crippen molar-refractivity contribution in [2.24, 2.45) is 0 Å². The molecule has 2 heterocycles. The first kappa shape index (κ1) is 17.1. The molecule has 1 aliphatic heterocycles. The van der Waals surface area contributed by atoms with E-state index in [0.29, 0.717) is 18.2 Å². The summed E-state index contributed by atoms with van der Waals surface area (Å²) in [7, 11) is 0. The summed E-state index contributed by atoms with van der Waals surface area (Å²) in [5, 5.41) is 3.97. The Balaban J connectivity index is 1.39. The van der Waals surface area contributed by atoms with Crippen LogP contribution in [-0.2, 0) is 4.79 Å². The molecule has 2 aromatic carbocycles. The van der Waals surface area contributed by atoms with Gasteiger partial charge in [0.1, 0.15) is 10.8 Å². The Hall–Kier alpha value is -2.31. The van der Waals surface area contributed by atoms with Crippen molar-refractivity contribution in [2.75, 3.05) is 25.0 Å². The number of aromatic nitrogens is 1. The minimum Gasteiger partial charge on any atom is -0.327 e. The van der Waals surface area contributed by atoms with Crippen molar-refractivity contribution in [2.45, 2.75) is 18.8 Å². The summed E-state index contributed by atoms with van der Waals surface area (Å²) in [5.74, 6) is -0.0160. The Labute approximate surface area is 155 Å². The fourth-order valence-corrected chi connectivity index (χ4v) is 4.69. The highest BCUT2D eigenvalue weighted by atomic mass is 32.1. The highest BCUT2D eigenvalue weighted by Crippen LogP contribution is 2.30. The third kappa shape index (κ3) is 3.92. The Morgan fingerprint density at radius 3 is 3.00 bits per heavy atom. The lowest BCUT2D eigenvalue weighted by molar-refractivity contribution is -0.898. The Morgan fingerprint density at radius 2 is 2.15 bits per heavy atom. The van der Waals surface area contributed by atoms with Gasteiger partial charge in [-0.15, -0.1) is 11.3 Å². The van der Waals surface area contributed by atoms with Gasteiger partial charge in [0.05, 0.1) is 29.2 Å². The zero-order chi connectivity index (χ0) is 17.9. The second kappa shape index (κ2) is 7.51. The molecule has 2 N–H and O–H groups in total. The number of benzene rings is 2. The first-order chi connectivity index (χ1) is 12.7. The van der Waals surface area contributed by atoms with E-state index in [9.17, 15) is 9.18 Å². The summed E-state index contributed by atoms with van der Waals surface area (Å²) in [6.07, 6.45) is 2.21. The lowest BCUT2D eigenvalue weighted by Gasteiger charge is -2.28. The predicted molar refractivity (Wildman–Crippen MR) is 102 cm³/mol. The molecule has 134 valence electrons. The molecule has 6 heteroatoms. The molecule has 0 radical (unpaired) electrons. The van der Waals surface area contributed by atoms with E-state index in [2.05, 4.69) is 17.4 Å². The van der Waals surface area contributed by atoms with Gasteiger partial charge in [-0.05, 0) is 43.2 Å². The maximum atomic E-state index is 13.2. The van der Waals surface area contributed by atoms with Crippen LogP contribution in [0.5, 0.6) is 0 Å². The number of piperidine rings is 1. The van der Waals surface area contributed by atoms with Gasteiger partial charge in [0.25, 0.3) is 5.91 Å². The number of nitrogens with zero attached hydrogens (tertiary/aromatic N) is 1. The summed E-state index contributed by atoms with van der Waals surface area (Å²) in [4.78, 5) is 18.4. The molecule has 1 aliphatic rings. The maximum Gasteiger partial charge on any atom is 0.279 e. The zero-order valence-electron chi connectivity index (χ0n) is 14.4. The van der Waals surface area contributed by atoms with Crippen molar-refractivity contribution in [3.05, 3.63) is 59.4 Å². The number of fused-ring (bicyclic) bond motifs is 1. The average Bonchev–Trinajstić information content (AvgIpc) is 3.06. The topological polar surface area (TPSA) is 46.4 Å². The first-order valence-corrected chi connectivity index (χ1v) is 9.73. The number of carbonyl (C=O) groups excluding carboxylic acids is 1. The van der Waals surface area contributed by atoms with E-state index in [4.69, 9.17) is 4.98 Å². The van der Waals surface area contributed by atoms with E-state index in [1.807, 2.05) is 12.1 Å². The lowest BCUT2D eigenvalue weighted by Crippen LogP contribution is -3.14. The Kier molecular flexibility index (Phi) is 4.95. The summed E-state index contributed by atoms with van der Waals surface area (Å²) in [6, 6.07) is 14.2. The second-order valence-corrected chi connectivity index (χ2v) is 7.86. The smallest absolute Gasteiger partial charge is 0.279 e. The summed E-state index contributed by atoms with van der Waals surface area (Å²) >= 11 is 1.76. The van der Waals surface area contributed by atoms with Crippen molar-refractivity contribution in [3.63, 3.8) is 0 Å². The van der Waals surface area contributed by atoms with Crippen LogP contribution in [0.15, 0.2) is 48.5 Å². The zero-order valence-corrected chi connectivity index (χ0v) is 15.2. The van der Waals surface area contributed by atoms with Gasteiger partial charge in [0.15, 0.2) is 6.54 Å². The minimum absolute atomic E-state index is 0.0736. The second-order valence-electron chi connectivity index (χ2n) is 6.80. The molecule has 26 heavy (non-hydrogen) atoms. The number of thiazole rings is 1. The quantitative estimate of drug-likeness (QED) is 0.742. The average molecular weight is 370 g/mol. The number of anilines is 1. The SMILES string of the molecule is O=C(C[NH+]1CCC[C@@H](c2nc3ccccc3s2)C1)Nc1cccc(F)c1. The summed E-state index contributed by atoms with van der Waals surface area (Å²) in [5.41, 5.74) is 1.57. The van der Waals surface area contributed by atoms with Gasteiger partial charge in [-0.25, -0.2) is 9.37 Å². The number of likely N-dealkylation sites (tertiary alicyclic amines) is 1. The molecule has 0 spiro atoms. The molecule has 4 rings (SSSR count). The van der Waals surface area contributed by atoms with Gasteiger partial charge < -0.3 is 10.2 Å². The van der Waals surface area contributed by atoms with Gasteiger partial charge in [-0.3, -0.25) is 4.79 Å². The van der Waals surface area contributed by atoms with Crippen molar-refractivity contribution in [1.29, 1.82) is 0 Å². The number of carbonyl (C=O) groups is 1. The van der Waals surface area contributed by atoms with Crippen molar-refractivity contribution < 1.29 is 14.1 Å². The Morgan fingerprint density at radius 1 is 1.27 bits per heavy atom. The number of rotatable bonds is 4. The largest absolute Gasteiger partial charge is 0.327 e. The van der Waals surface area contributed by atoms with Crippen LogP contribution in [0.25, 0.3) is 10.2 Å². The van der Waals surface area contributed by atoms with Crippen LogP contribution < -0.4 is 10.2 Å². The van der Waals surface area contributed by atoms with E-state index in [0.717, 1.165) is 31.4 Å². The third-order valence-corrected chi connectivity index (χ3v) is 6.00. The highest BCUT2D eigenvalue weighted by molar-refractivity contribution is 7.18. The summed E-state index contributed by atoms with van der Waals surface area (Å²) in [6.45, 7) is 2.30. The molecular formula is C20H21FN3OS+. The van der Waals surface area contributed by atoms with Gasteiger partial charge in [0, 0.05) is 5.69 Å². The van der Waals surface area contributed by atoms with Crippen molar-refractivity contribution in [3.8, 4) is 0 Å². The molecule has 0 saturated carbocycles. The van der Waals surface area contributed by atoms with Crippen LogP contribution in [0.1, 0.15) is 23.8 Å². The molecule has 3 aromatic rings. The number of hydrogen-bond acceptors (Lipinski definition) is 3. The van der Waals surface area contributed by atoms with E-state index < -0.39 is 0 Å². The molecule has 1 saturated heterocycles. The van der Waals surface area contributed by atoms with Crippen molar-refractivity contribution >= 4 is 33.1 Å². The van der Waals surface area contributed by atoms with E-state index in [1.165, 1.54) is 26.7 Å². The summed E-state index contributed by atoms with van der Waals surface area (Å²) < 4.78 is 14.5. The normalized spacial score (nSPS) is 20.2. The van der Waals surface area contributed by atoms with E-state index in [-0.39, 0.29) is 11.7 Å². The van der Waals surface area contributed by atoms with Gasteiger partial charge in [0.2, 0.25) is 0 Å². The van der Waals surface area contributed by atoms with Crippen LogP contribution in [0, 0.1) is 5.82 Å². The standard InChI is InChI=1S/C20H20FN3OS/c21-15-6-3-7-16(11-15)22-19(25)13-24-10-4-5-14(12-24)20-23-17-8-1-2-9-18(17)26-20/h1-3,6-9,11,14H,4-5,10,12-13H2,(H,22,25)/p+1/t14-/m1/s1. The number of quaternary nitrogens is 1. The first-order valence-electron chi connectivity index (χ1n) is 8.92. The van der Waals surface area contributed by atoms with Crippen LogP contribution >= 0.6 is 11.3 Å². The molecule has 1 aromatic heterocycles. The van der Waals surface area contributed by atoms with E-state index >= 15 is 0 Å². The molecule has 0 aliphatic carbocycles. The van der Waals surface area contributed by atoms with Crippen LogP contribution in [0.3, 0.4) is 0 Å². The van der Waals surface area contributed by atoms with E-state index in [1.54, 1.807) is 23.5 Å². The van der Waals surface area contributed by atoms with Gasteiger partial charge >= 0.3 is 0 Å². The van der Waals surface area contributed by atoms with Gasteiger partial charge in [-0.2, -0.15) is 0 Å². The fraction of sp³-hybridized carbons (Fsp3) is 0.300. The molecule has 1 fully saturated rings. The molecule has 1 amide bonds. The van der Waals surface area contributed by atoms with Crippen LogP contribution in [0.4, 0.5) is 10.1 Å². The highest BCUT2D eigenvalue weighted by Gasteiger charge is 2.28. The predicted octanol–water partition coefficient (Wildman–Crippen LogP) is 2.84. The molecular weight excluding hydrogens is 349 g/mol.